The molecule has 3 aromatic rings. The predicted octanol–water partition coefficient (Wildman–Crippen LogP) is 1.34. The molecule has 7 nitrogen and oxygen atoms in total. The molecule has 0 radical (unpaired) electrons. The lowest BCUT2D eigenvalue weighted by atomic mass is 10.3. The fraction of sp³-hybridized carbons (Fsp3) is 0.231. The van der Waals surface area contributed by atoms with Crippen LogP contribution in [0.5, 0.6) is 0 Å². The SMILES string of the molecule is O=C(c1nccn2ccnc12)N1CCn2c(Br)cnc2C1. The van der Waals surface area contributed by atoms with Crippen LogP contribution in [0.25, 0.3) is 5.65 Å². The summed E-state index contributed by atoms with van der Waals surface area (Å²) in [6.45, 7) is 1.83. The Morgan fingerprint density at radius 1 is 1.14 bits per heavy atom. The molecule has 8 heteroatoms. The van der Waals surface area contributed by atoms with Gasteiger partial charge in [-0.25, -0.2) is 15.0 Å². The molecule has 21 heavy (non-hydrogen) atoms. The van der Waals surface area contributed by atoms with Crippen LogP contribution in [0.1, 0.15) is 16.3 Å². The maximum Gasteiger partial charge on any atom is 0.276 e. The number of halogens is 1. The average Bonchev–Trinajstić information content (AvgIpc) is 3.13. The average molecular weight is 347 g/mol. The summed E-state index contributed by atoms with van der Waals surface area (Å²) in [4.78, 5) is 27.2. The second-order valence-corrected chi connectivity index (χ2v) is 5.62. The van der Waals surface area contributed by atoms with Crippen LogP contribution in [0.15, 0.2) is 35.6 Å². The molecule has 0 fully saturated rings. The fourth-order valence-electron chi connectivity index (χ4n) is 2.55. The monoisotopic (exact) mass is 346 g/mol. The zero-order valence-corrected chi connectivity index (χ0v) is 12.6. The highest BCUT2D eigenvalue weighted by Gasteiger charge is 2.26. The van der Waals surface area contributed by atoms with Crippen LogP contribution in [0.4, 0.5) is 0 Å². The lowest BCUT2D eigenvalue weighted by Crippen LogP contribution is -2.39. The second-order valence-electron chi connectivity index (χ2n) is 4.81. The molecule has 3 aromatic heterocycles. The van der Waals surface area contributed by atoms with Crippen LogP contribution >= 0.6 is 15.9 Å². The van der Waals surface area contributed by atoms with E-state index in [1.807, 2.05) is 0 Å². The van der Waals surface area contributed by atoms with E-state index in [1.54, 1.807) is 40.3 Å². The lowest BCUT2D eigenvalue weighted by molar-refractivity contribution is 0.0702. The van der Waals surface area contributed by atoms with Crippen molar-refractivity contribution in [2.24, 2.45) is 0 Å². The van der Waals surface area contributed by atoms with Gasteiger partial charge in [-0.1, -0.05) is 0 Å². The van der Waals surface area contributed by atoms with Crippen LogP contribution in [0, 0.1) is 0 Å². The Morgan fingerprint density at radius 2 is 1.95 bits per heavy atom. The van der Waals surface area contributed by atoms with Gasteiger partial charge in [-0.2, -0.15) is 0 Å². The number of carbonyl (C=O) groups is 1. The zero-order chi connectivity index (χ0) is 14.4. The van der Waals surface area contributed by atoms with E-state index in [-0.39, 0.29) is 5.91 Å². The molecule has 4 rings (SSSR count). The van der Waals surface area contributed by atoms with Gasteiger partial charge < -0.3 is 13.9 Å². The minimum atomic E-state index is -0.114. The van der Waals surface area contributed by atoms with Gasteiger partial charge in [0.05, 0.1) is 12.7 Å². The molecule has 0 saturated carbocycles. The van der Waals surface area contributed by atoms with E-state index in [0.29, 0.717) is 24.4 Å². The number of hydrogen-bond donors (Lipinski definition) is 0. The number of fused-ring (bicyclic) bond motifs is 2. The highest BCUT2D eigenvalue weighted by molar-refractivity contribution is 9.10. The Kier molecular flexibility index (Phi) is 2.78. The summed E-state index contributed by atoms with van der Waals surface area (Å²) in [6, 6.07) is 0. The van der Waals surface area contributed by atoms with Crippen molar-refractivity contribution in [1.82, 2.24) is 28.8 Å². The topological polar surface area (TPSA) is 68.3 Å². The van der Waals surface area contributed by atoms with Gasteiger partial charge in [0, 0.05) is 37.9 Å². The molecule has 0 saturated heterocycles. The van der Waals surface area contributed by atoms with Crippen molar-refractivity contribution in [3.05, 3.63) is 47.1 Å². The Balaban J connectivity index is 1.68. The Morgan fingerprint density at radius 3 is 2.81 bits per heavy atom. The van der Waals surface area contributed by atoms with Crippen molar-refractivity contribution in [3.63, 3.8) is 0 Å². The van der Waals surface area contributed by atoms with Crippen LogP contribution in [0.2, 0.25) is 0 Å². The molecule has 1 aliphatic rings. The zero-order valence-electron chi connectivity index (χ0n) is 11.0. The van der Waals surface area contributed by atoms with Gasteiger partial charge in [0.1, 0.15) is 10.4 Å². The molecule has 0 aromatic carbocycles. The summed E-state index contributed by atoms with van der Waals surface area (Å²) in [5.74, 6) is 0.758. The van der Waals surface area contributed by atoms with Crippen molar-refractivity contribution in [2.45, 2.75) is 13.1 Å². The Labute approximate surface area is 128 Å². The summed E-state index contributed by atoms with van der Waals surface area (Å²) < 4.78 is 4.80. The largest absolute Gasteiger partial charge is 0.328 e. The molecule has 0 atom stereocenters. The molecular formula is C13H11BrN6O. The van der Waals surface area contributed by atoms with Crippen LogP contribution in [-0.4, -0.2) is 41.3 Å². The maximum absolute atomic E-state index is 12.7. The first-order valence-electron chi connectivity index (χ1n) is 6.51. The first-order valence-corrected chi connectivity index (χ1v) is 7.30. The maximum atomic E-state index is 12.7. The van der Waals surface area contributed by atoms with Gasteiger partial charge in [0.25, 0.3) is 5.91 Å². The highest BCUT2D eigenvalue weighted by Crippen LogP contribution is 2.20. The van der Waals surface area contributed by atoms with Crippen LogP contribution in [-0.2, 0) is 13.1 Å². The van der Waals surface area contributed by atoms with Gasteiger partial charge >= 0.3 is 0 Å². The normalized spacial score (nSPS) is 14.4. The number of nitrogens with zero attached hydrogens (tertiary/aromatic N) is 6. The Hall–Kier alpha value is -2.22. The van der Waals surface area contributed by atoms with Gasteiger partial charge in [-0.05, 0) is 15.9 Å². The van der Waals surface area contributed by atoms with E-state index < -0.39 is 0 Å². The second kappa shape index (κ2) is 4.66. The van der Waals surface area contributed by atoms with Crippen molar-refractivity contribution in [3.8, 4) is 0 Å². The predicted molar refractivity (Wildman–Crippen MR) is 77.7 cm³/mol. The third kappa shape index (κ3) is 1.94. The molecule has 0 aliphatic carbocycles. The summed E-state index contributed by atoms with van der Waals surface area (Å²) in [7, 11) is 0. The molecule has 4 heterocycles. The number of amides is 1. The quantitative estimate of drug-likeness (QED) is 0.666. The summed E-state index contributed by atoms with van der Waals surface area (Å²) in [6.07, 6.45) is 8.61. The molecule has 1 amide bonds. The number of rotatable bonds is 1. The van der Waals surface area contributed by atoms with E-state index >= 15 is 0 Å². The lowest BCUT2D eigenvalue weighted by Gasteiger charge is -2.27. The Bertz CT molecular complexity index is 838. The number of hydrogen-bond acceptors (Lipinski definition) is 4. The van der Waals surface area contributed by atoms with E-state index in [1.165, 1.54) is 0 Å². The van der Waals surface area contributed by atoms with Gasteiger partial charge in [0.2, 0.25) is 0 Å². The molecule has 0 bridgehead atoms. The third-order valence-corrected chi connectivity index (χ3v) is 4.25. The molecule has 0 N–H and O–H groups in total. The summed E-state index contributed by atoms with van der Waals surface area (Å²) in [5, 5.41) is 0. The molecule has 0 unspecified atom stereocenters. The number of aromatic nitrogens is 5. The summed E-state index contributed by atoms with van der Waals surface area (Å²) >= 11 is 3.45. The molecule has 1 aliphatic heterocycles. The van der Waals surface area contributed by atoms with E-state index in [4.69, 9.17) is 0 Å². The van der Waals surface area contributed by atoms with Gasteiger partial charge in [-0.15, -0.1) is 0 Å². The number of carbonyl (C=O) groups excluding carboxylic acids is 1. The molecule has 106 valence electrons. The fourth-order valence-corrected chi connectivity index (χ4v) is 3.04. The highest BCUT2D eigenvalue weighted by atomic mass is 79.9. The first-order chi connectivity index (χ1) is 10.2. The first kappa shape index (κ1) is 12.5. The van der Waals surface area contributed by atoms with E-state index in [0.717, 1.165) is 17.0 Å². The van der Waals surface area contributed by atoms with Crippen LogP contribution in [0.3, 0.4) is 0 Å². The smallest absolute Gasteiger partial charge is 0.276 e. The molecular weight excluding hydrogens is 336 g/mol. The number of imidazole rings is 2. The van der Waals surface area contributed by atoms with E-state index in [9.17, 15) is 4.79 Å². The van der Waals surface area contributed by atoms with Gasteiger partial charge in [-0.3, -0.25) is 4.79 Å². The summed E-state index contributed by atoms with van der Waals surface area (Å²) in [5.41, 5.74) is 0.958. The van der Waals surface area contributed by atoms with Crippen molar-refractivity contribution in [1.29, 1.82) is 0 Å². The van der Waals surface area contributed by atoms with Crippen molar-refractivity contribution < 1.29 is 4.79 Å². The minimum absolute atomic E-state index is 0.114. The van der Waals surface area contributed by atoms with Crippen molar-refractivity contribution in [2.75, 3.05) is 6.54 Å². The molecule has 0 spiro atoms. The van der Waals surface area contributed by atoms with E-state index in [2.05, 4.69) is 35.4 Å². The van der Waals surface area contributed by atoms with Crippen molar-refractivity contribution >= 4 is 27.5 Å². The van der Waals surface area contributed by atoms with Gasteiger partial charge in [0.15, 0.2) is 11.3 Å². The third-order valence-electron chi connectivity index (χ3n) is 3.62. The standard InChI is InChI=1S/C13H11BrN6O/c14-9-7-17-10-8-19(5-6-20(9)10)13(21)11-12-16-2-4-18(12)3-1-15-11/h1-4,7H,5-6,8H2. The minimum Gasteiger partial charge on any atom is -0.328 e. The van der Waals surface area contributed by atoms with Crippen LogP contribution < -0.4 is 0 Å².